The second kappa shape index (κ2) is 7.85. The van der Waals surface area contributed by atoms with E-state index in [9.17, 15) is 14.4 Å². The van der Waals surface area contributed by atoms with Crippen molar-refractivity contribution in [1.82, 2.24) is 10.2 Å². The van der Waals surface area contributed by atoms with Gasteiger partial charge in [0.05, 0.1) is 12.8 Å². The first-order valence-corrected chi connectivity index (χ1v) is 10.3. The van der Waals surface area contributed by atoms with E-state index < -0.39 is 17.8 Å². The minimum absolute atomic E-state index is 0.0459. The molecule has 2 aliphatic heterocycles. The number of carbonyl (C=O) groups is 3. The molecule has 0 spiro atoms. The fourth-order valence-corrected chi connectivity index (χ4v) is 4.09. The molecule has 0 saturated carbocycles. The second-order valence-corrected chi connectivity index (χ2v) is 7.95. The minimum Gasteiger partial charge on any atom is -0.467 e. The van der Waals surface area contributed by atoms with E-state index in [0.717, 1.165) is 34.8 Å². The number of rotatable bonds is 4. The van der Waals surface area contributed by atoms with E-state index >= 15 is 0 Å². The molecule has 2 aliphatic rings. The lowest BCUT2D eigenvalue weighted by Crippen LogP contribution is -2.53. The zero-order valence-corrected chi connectivity index (χ0v) is 17.5. The SMILES string of the molecule is Cc1cc(N2Cc3ccccc3C2)ccc1/C=C1/C(=O)NC(=O)N(Cc2ccco2)C1=O. The zero-order chi connectivity index (χ0) is 22.2. The molecule has 0 bridgehead atoms. The van der Waals surface area contributed by atoms with Gasteiger partial charge >= 0.3 is 6.03 Å². The van der Waals surface area contributed by atoms with Gasteiger partial charge < -0.3 is 9.32 Å². The summed E-state index contributed by atoms with van der Waals surface area (Å²) in [4.78, 5) is 40.8. The lowest BCUT2D eigenvalue weighted by molar-refractivity contribution is -0.130. The number of hydrogen-bond acceptors (Lipinski definition) is 5. The summed E-state index contributed by atoms with van der Waals surface area (Å²) < 4.78 is 5.23. The van der Waals surface area contributed by atoms with Crippen LogP contribution in [0.4, 0.5) is 10.5 Å². The van der Waals surface area contributed by atoms with Crippen LogP contribution in [0.25, 0.3) is 6.08 Å². The average Bonchev–Trinajstić information content (AvgIpc) is 3.44. The summed E-state index contributed by atoms with van der Waals surface area (Å²) in [5, 5.41) is 2.24. The number of hydrogen-bond donors (Lipinski definition) is 1. The highest BCUT2D eigenvalue weighted by atomic mass is 16.3. The predicted octanol–water partition coefficient (Wildman–Crippen LogP) is 3.77. The Bertz CT molecular complexity index is 1230. The normalized spacial score (nSPS) is 17.2. The second-order valence-electron chi connectivity index (χ2n) is 7.95. The Morgan fingerprint density at radius 1 is 1.00 bits per heavy atom. The van der Waals surface area contributed by atoms with E-state index in [-0.39, 0.29) is 12.1 Å². The number of barbiturate groups is 1. The summed E-state index contributed by atoms with van der Waals surface area (Å²) in [5.41, 5.74) is 5.32. The Kier molecular flexibility index (Phi) is 4.86. The Morgan fingerprint density at radius 2 is 1.75 bits per heavy atom. The number of carbonyl (C=O) groups excluding carboxylic acids is 3. The fraction of sp³-hybridized carbons (Fsp3) is 0.160. The van der Waals surface area contributed by atoms with E-state index in [1.807, 2.05) is 19.1 Å². The van der Waals surface area contributed by atoms with Gasteiger partial charge in [-0.15, -0.1) is 0 Å². The molecule has 0 radical (unpaired) electrons. The molecule has 0 aliphatic carbocycles. The highest BCUT2D eigenvalue weighted by Crippen LogP contribution is 2.30. The summed E-state index contributed by atoms with van der Waals surface area (Å²) in [5.74, 6) is -0.892. The molecule has 0 unspecified atom stereocenters. The monoisotopic (exact) mass is 427 g/mol. The maximum absolute atomic E-state index is 12.9. The molecule has 3 heterocycles. The van der Waals surface area contributed by atoms with Crippen molar-refractivity contribution >= 4 is 29.6 Å². The molecule has 0 atom stereocenters. The molecule has 160 valence electrons. The van der Waals surface area contributed by atoms with Gasteiger partial charge in [0.25, 0.3) is 11.8 Å². The fourth-order valence-electron chi connectivity index (χ4n) is 4.09. The zero-order valence-electron chi connectivity index (χ0n) is 17.5. The van der Waals surface area contributed by atoms with E-state index in [2.05, 4.69) is 40.5 Å². The standard InChI is InChI=1S/C25H21N3O4/c1-16-11-20(27-13-18-5-2-3-6-19(18)14-27)9-8-17(16)12-22-23(29)26-25(31)28(24(22)30)15-21-7-4-10-32-21/h2-12H,13-15H2,1H3,(H,26,29,31)/b22-12-. The number of amides is 4. The number of nitrogens with zero attached hydrogens (tertiary/aromatic N) is 2. The summed E-state index contributed by atoms with van der Waals surface area (Å²) in [7, 11) is 0. The van der Waals surface area contributed by atoms with Gasteiger partial charge in [-0.3, -0.25) is 19.8 Å². The molecule has 32 heavy (non-hydrogen) atoms. The number of aryl methyl sites for hydroxylation is 1. The van der Waals surface area contributed by atoms with Crippen LogP contribution >= 0.6 is 0 Å². The Morgan fingerprint density at radius 3 is 2.41 bits per heavy atom. The Hall–Kier alpha value is -4.13. The number of urea groups is 1. The van der Waals surface area contributed by atoms with Crippen molar-refractivity contribution in [3.05, 3.63) is 94.4 Å². The molecule has 2 aromatic carbocycles. The van der Waals surface area contributed by atoms with Gasteiger partial charge in [-0.2, -0.15) is 0 Å². The van der Waals surface area contributed by atoms with Crippen LogP contribution in [0.15, 0.2) is 70.9 Å². The Balaban J connectivity index is 1.39. The number of anilines is 1. The quantitative estimate of drug-likeness (QED) is 0.506. The van der Waals surface area contributed by atoms with Gasteiger partial charge in [0.15, 0.2) is 0 Å². The number of imide groups is 2. The molecule has 7 nitrogen and oxygen atoms in total. The summed E-state index contributed by atoms with van der Waals surface area (Å²) >= 11 is 0. The van der Waals surface area contributed by atoms with E-state index in [1.165, 1.54) is 23.5 Å². The van der Waals surface area contributed by atoms with Gasteiger partial charge in [0, 0.05) is 18.8 Å². The van der Waals surface area contributed by atoms with Crippen LogP contribution in [0.3, 0.4) is 0 Å². The van der Waals surface area contributed by atoms with Crippen LogP contribution in [0.5, 0.6) is 0 Å². The van der Waals surface area contributed by atoms with Crippen LogP contribution in [0.2, 0.25) is 0 Å². The topological polar surface area (TPSA) is 82.9 Å². The lowest BCUT2D eigenvalue weighted by atomic mass is 10.0. The molecule has 3 aromatic rings. The largest absolute Gasteiger partial charge is 0.467 e. The van der Waals surface area contributed by atoms with Gasteiger partial charge in [0.2, 0.25) is 0 Å². The van der Waals surface area contributed by atoms with Crippen molar-refractivity contribution in [1.29, 1.82) is 0 Å². The first-order valence-electron chi connectivity index (χ1n) is 10.3. The molecule has 7 heteroatoms. The lowest BCUT2D eigenvalue weighted by Gasteiger charge is -2.25. The number of nitrogens with one attached hydrogen (secondary N) is 1. The van der Waals surface area contributed by atoms with Crippen molar-refractivity contribution in [3.8, 4) is 0 Å². The summed E-state index contributed by atoms with van der Waals surface area (Å²) in [6.07, 6.45) is 3.00. The minimum atomic E-state index is -0.755. The maximum Gasteiger partial charge on any atom is 0.331 e. The smallest absolute Gasteiger partial charge is 0.331 e. The summed E-state index contributed by atoms with van der Waals surface area (Å²) in [6.45, 7) is 3.59. The third-order valence-electron chi connectivity index (χ3n) is 5.84. The number of furan rings is 1. The third-order valence-corrected chi connectivity index (χ3v) is 5.84. The van der Waals surface area contributed by atoms with Crippen LogP contribution < -0.4 is 10.2 Å². The van der Waals surface area contributed by atoms with E-state index in [1.54, 1.807) is 12.1 Å². The van der Waals surface area contributed by atoms with Gasteiger partial charge in [-0.05, 0) is 59.5 Å². The Labute approximate surface area is 184 Å². The highest BCUT2D eigenvalue weighted by Gasteiger charge is 2.36. The number of fused-ring (bicyclic) bond motifs is 1. The van der Waals surface area contributed by atoms with Crippen molar-refractivity contribution in [3.63, 3.8) is 0 Å². The first kappa shape index (κ1) is 19.8. The van der Waals surface area contributed by atoms with E-state index in [0.29, 0.717) is 5.76 Å². The molecular formula is C25H21N3O4. The van der Waals surface area contributed by atoms with Crippen molar-refractivity contribution in [2.24, 2.45) is 0 Å². The van der Waals surface area contributed by atoms with Crippen LogP contribution in [-0.4, -0.2) is 22.7 Å². The van der Waals surface area contributed by atoms with Crippen LogP contribution in [0.1, 0.15) is 28.0 Å². The third kappa shape index (κ3) is 3.58. The van der Waals surface area contributed by atoms with Crippen molar-refractivity contribution < 1.29 is 18.8 Å². The summed E-state index contributed by atoms with van der Waals surface area (Å²) in [6, 6.07) is 16.9. The molecule has 1 fully saturated rings. The molecule has 4 amide bonds. The van der Waals surface area contributed by atoms with Gasteiger partial charge in [-0.25, -0.2) is 4.79 Å². The predicted molar refractivity (Wildman–Crippen MR) is 118 cm³/mol. The molecule has 1 aromatic heterocycles. The molecule has 1 N–H and O–H groups in total. The molecule has 1 saturated heterocycles. The van der Waals surface area contributed by atoms with E-state index in [4.69, 9.17) is 4.42 Å². The average molecular weight is 427 g/mol. The first-order chi connectivity index (χ1) is 15.5. The number of benzene rings is 2. The van der Waals surface area contributed by atoms with Gasteiger partial charge in [0.1, 0.15) is 11.3 Å². The van der Waals surface area contributed by atoms with Gasteiger partial charge in [-0.1, -0.05) is 30.3 Å². The van der Waals surface area contributed by atoms with Crippen LogP contribution in [-0.2, 0) is 29.2 Å². The van der Waals surface area contributed by atoms with Crippen molar-refractivity contribution in [2.45, 2.75) is 26.6 Å². The molecule has 5 rings (SSSR count). The molecular weight excluding hydrogens is 406 g/mol. The highest BCUT2D eigenvalue weighted by molar-refractivity contribution is 6.31. The maximum atomic E-state index is 12.9. The van der Waals surface area contributed by atoms with Crippen LogP contribution in [0, 0.1) is 6.92 Å². The van der Waals surface area contributed by atoms with Crippen molar-refractivity contribution in [2.75, 3.05) is 4.90 Å².